The van der Waals surface area contributed by atoms with Crippen molar-refractivity contribution < 1.29 is 0 Å². The Morgan fingerprint density at radius 3 is 2.13 bits per heavy atom. The van der Waals surface area contributed by atoms with Crippen molar-refractivity contribution in [3.8, 4) is 0 Å². The summed E-state index contributed by atoms with van der Waals surface area (Å²) in [6, 6.07) is 18.9. The molecule has 0 fully saturated rings. The molecular weight excluding hydrogens is 651 g/mol. The molecule has 0 spiro atoms. The van der Waals surface area contributed by atoms with E-state index in [0.717, 1.165) is 0 Å². The molecule has 0 unspecified atom stereocenters. The van der Waals surface area contributed by atoms with E-state index in [1.54, 1.807) is 0 Å². The highest BCUT2D eigenvalue weighted by atomic mass is 14.9. The molecule has 1 N–H and O–H groups in total. The maximum absolute atomic E-state index is 3.89. The molecule has 274 valence electrons. The average molecular weight is 708 g/mol. The normalized spacial score (nSPS) is 21.8. The van der Waals surface area contributed by atoms with Gasteiger partial charge in [0.05, 0.1) is 0 Å². The number of para-hydroxylation sites is 1. The van der Waals surface area contributed by atoms with Crippen LogP contribution in [-0.4, -0.2) is 0 Å². The molecule has 3 aromatic carbocycles. The van der Waals surface area contributed by atoms with Crippen LogP contribution in [0.3, 0.4) is 0 Å². The van der Waals surface area contributed by atoms with Crippen molar-refractivity contribution in [2.45, 2.75) is 97.8 Å². The molecule has 3 heterocycles. The van der Waals surface area contributed by atoms with Crippen molar-refractivity contribution in [2.75, 3.05) is 5.32 Å². The molecule has 3 aromatic rings. The molecule has 9 rings (SSSR count). The van der Waals surface area contributed by atoms with E-state index in [1.807, 2.05) is 12.2 Å². The monoisotopic (exact) mass is 707 g/mol. The fraction of sp³-hybridized carbons (Fsp3) is 0.283. The number of hydrogen-bond acceptors (Lipinski definition) is 1. The molecule has 54 heavy (non-hydrogen) atoms. The van der Waals surface area contributed by atoms with E-state index < -0.39 is 0 Å². The van der Waals surface area contributed by atoms with Gasteiger partial charge in [-0.05, 0) is 111 Å². The van der Waals surface area contributed by atoms with Gasteiger partial charge in [0.2, 0.25) is 0 Å². The summed E-state index contributed by atoms with van der Waals surface area (Å²) in [6.45, 7) is 29.6. The maximum Gasteiger partial charge on any atom is 0.0462 e. The Morgan fingerprint density at radius 2 is 1.43 bits per heavy atom. The van der Waals surface area contributed by atoms with Gasteiger partial charge < -0.3 is 5.32 Å². The van der Waals surface area contributed by atoms with Crippen molar-refractivity contribution in [1.29, 1.82) is 0 Å². The second-order valence-electron chi connectivity index (χ2n) is 17.6. The Labute approximate surface area is 325 Å². The van der Waals surface area contributed by atoms with Crippen LogP contribution in [0.1, 0.15) is 126 Å². The summed E-state index contributed by atoms with van der Waals surface area (Å²) < 4.78 is 0. The lowest BCUT2D eigenvalue weighted by molar-refractivity contribution is 0.590. The van der Waals surface area contributed by atoms with E-state index >= 15 is 0 Å². The van der Waals surface area contributed by atoms with Crippen LogP contribution < -0.4 is 5.32 Å². The number of rotatable bonds is 7. The van der Waals surface area contributed by atoms with Crippen molar-refractivity contribution in [3.63, 3.8) is 0 Å². The van der Waals surface area contributed by atoms with Gasteiger partial charge in [-0.25, -0.2) is 0 Å². The summed E-state index contributed by atoms with van der Waals surface area (Å²) in [5, 5.41) is 3.89. The summed E-state index contributed by atoms with van der Waals surface area (Å²) in [5.41, 5.74) is 20.2. The van der Waals surface area contributed by atoms with Gasteiger partial charge in [0.15, 0.2) is 0 Å². The van der Waals surface area contributed by atoms with Crippen molar-refractivity contribution >= 4 is 28.5 Å². The molecule has 0 atom stereocenters. The van der Waals surface area contributed by atoms with E-state index in [0.29, 0.717) is 0 Å². The topological polar surface area (TPSA) is 12.0 Å². The first kappa shape index (κ1) is 37.2. The Bertz CT molecular complexity index is 2370. The zero-order chi connectivity index (χ0) is 38.8. The van der Waals surface area contributed by atoms with Crippen LogP contribution in [-0.2, 0) is 21.7 Å². The number of allylic oxidation sites excluding steroid dienone is 17. The molecule has 0 amide bonds. The van der Waals surface area contributed by atoms with E-state index in [-0.39, 0.29) is 21.7 Å². The highest BCUT2D eigenvalue weighted by Crippen LogP contribution is 2.56. The first-order chi connectivity index (χ1) is 25.6. The third kappa shape index (κ3) is 5.76. The van der Waals surface area contributed by atoms with Crippen molar-refractivity contribution in [3.05, 3.63) is 195 Å². The minimum absolute atomic E-state index is 0.0235. The number of anilines is 1. The summed E-state index contributed by atoms with van der Waals surface area (Å²) >= 11 is 0. The lowest BCUT2D eigenvalue weighted by atomic mass is 9.59. The largest absolute Gasteiger partial charge is 0.361 e. The Morgan fingerprint density at radius 1 is 0.722 bits per heavy atom. The van der Waals surface area contributed by atoms with Crippen LogP contribution in [0, 0.1) is 0 Å². The maximum atomic E-state index is 3.89. The molecule has 3 aliphatic heterocycles. The Hall–Kier alpha value is -5.14. The summed E-state index contributed by atoms with van der Waals surface area (Å²) in [7, 11) is 0. The molecule has 8 bridgehead atoms. The van der Waals surface area contributed by atoms with Crippen LogP contribution in [0.5, 0.6) is 0 Å². The fourth-order valence-electron chi connectivity index (χ4n) is 9.31. The number of hydrogen-bond donors (Lipinski definition) is 1. The van der Waals surface area contributed by atoms with Gasteiger partial charge in [-0.2, -0.15) is 0 Å². The van der Waals surface area contributed by atoms with Crippen LogP contribution in [0.15, 0.2) is 145 Å². The quantitative estimate of drug-likeness (QED) is 0.241. The van der Waals surface area contributed by atoms with Crippen molar-refractivity contribution in [2.24, 2.45) is 0 Å². The van der Waals surface area contributed by atoms with Crippen LogP contribution in [0.4, 0.5) is 5.69 Å². The zero-order valence-electron chi connectivity index (χ0n) is 34.3. The van der Waals surface area contributed by atoms with Gasteiger partial charge in [-0.15, -0.1) is 0 Å². The minimum atomic E-state index is -0.287. The van der Waals surface area contributed by atoms with Crippen LogP contribution in [0.2, 0.25) is 0 Å². The highest BCUT2D eigenvalue weighted by Gasteiger charge is 2.44. The predicted molar refractivity (Wildman–Crippen MR) is 237 cm³/mol. The molecule has 0 saturated carbocycles. The third-order valence-electron chi connectivity index (χ3n) is 13.0. The van der Waals surface area contributed by atoms with E-state index in [4.69, 9.17) is 0 Å². The second kappa shape index (κ2) is 13.3. The summed E-state index contributed by atoms with van der Waals surface area (Å²) in [6.07, 6.45) is 28.5. The number of fused-ring (bicyclic) bond motifs is 2. The molecule has 0 radical (unpaired) electrons. The van der Waals surface area contributed by atoms with Gasteiger partial charge >= 0.3 is 0 Å². The second-order valence-corrected chi connectivity index (χ2v) is 17.6. The van der Waals surface area contributed by atoms with Gasteiger partial charge in [-0.1, -0.05) is 177 Å². The molecule has 0 aromatic heterocycles. The predicted octanol–water partition coefficient (Wildman–Crippen LogP) is 14.3. The standard InChI is InChI=1S/C53H57N/c1-13-15-16-17-21-34(3)39(28-26-36-27-29-41-40(20-14-2)35(4)50(5,6)45(41)30-36)37-31-46-48-42-23-18-22-38(51(46,7)8)33-54-49-43(52(42,9)10)24-19-25-44(49)53(11,12)47(48)32-37/h13-33,54H,1H2,2-12H3/b16-15-,20-14-,21-17-,22-18-,28-26-,38-33?,39-34-,42-23+. The third-order valence-corrected chi connectivity index (χ3v) is 13.0. The molecule has 1 heteroatoms. The first-order valence-corrected chi connectivity index (χ1v) is 19.6. The smallest absolute Gasteiger partial charge is 0.0462 e. The SMILES string of the molecule is C=C\C=C/C=C\C(C)=C(\C=C/c1ccc2c(c1)C(C)(C)C(C)=C2/C=C\C)c1cc2c3c(c1)C(C)(C)c1cccc4c1NC=C(/C=C\C=C/3C4(C)C)C2(C)C. The van der Waals surface area contributed by atoms with Crippen LogP contribution >= 0.6 is 0 Å². The lowest BCUT2D eigenvalue weighted by Gasteiger charge is -2.45. The van der Waals surface area contributed by atoms with Crippen LogP contribution in [0.25, 0.3) is 22.8 Å². The minimum Gasteiger partial charge on any atom is -0.361 e. The van der Waals surface area contributed by atoms with Gasteiger partial charge in [0.1, 0.15) is 0 Å². The number of benzene rings is 3. The fourth-order valence-corrected chi connectivity index (χ4v) is 9.31. The molecule has 3 aliphatic carbocycles. The zero-order valence-corrected chi connectivity index (χ0v) is 34.3. The molecule has 1 nitrogen and oxygen atoms in total. The summed E-state index contributed by atoms with van der Waals surface area (Å²) in [4.78, 5) is 0. The van der Waals surface area contributed by atoms with Gasteiger partial charge in [-0.3, -0.25) is 0 Å². The number of nitrogens with one attached hydrogen (secondary N) is 1. The first-order valence-electron chi connectivity index (χ1n) is 19.6. The molecular formula is C53H57N. The van der Waals surface area contributed by atoms with E-state index in [1.165, 1.54) is 89.2 Å². The highest BCUT2D eigenvalue weighted by molar-refractivity contribution is 5.91. The van der Waals surface area contributed by atoms with Gasteiger partial charge in [0.25, 0.3) is 0 Å². The Kier molecular flexibility index (Phi) is 9.17. The molecule has 6 aliphatic rings. The lowest BCUT2D eigenvalue weighted by Crippen LogP contribution is -2.35. The Balaban J connectivity index is 1.50. The van der Waals surface area contributed by atoms with Crippen molar-refractivity contribution in [1.82, 2.24) is 0 Å². The van der Waals surface area contributed by atoms with E-state index in [2.05, 4.69) is 204 Å². The molecule has 0 saturated heterocycles. The average Bonchev–Trinajstić information content (AvgIpc) is 3.31. The van der Waals surface area contributed by atoms with E-state index in [9.17, 15) is 0 Å². The summed E-state index contributed by atoms with van der Waals surface area (Å²) in [5.74, 6) is 0. The van der Waals surface area contributed by atoms with Gasteiger partial charge in [0, 0.05) is 33.5 Å².